The molecule has 0 saturated heterocycles. The highest BCUT2D eigenvalue weighted by Crippen LogP contribution is 2.28. The van der Waals surface area contributed by atoms with Crippen LogP contribution in [0.2, 0.25) is 0 Å². The molecule has 5 rings (SSSR count). The first-order chi connectivity index (χ1) is 13.2. The third-order valence-corrected chi connectivity index (χ3v) is 4.61. The number of aromatic nitrogens is 2. The first-order valence-electron chi connectivity index (χ1n) is 8.56. The molecule has 0 unspecified atom stereocenters. The molecule has 5 nitrogen and oxygen atoms in total. The molecule has 0 bridgehead atoms. The van der Waals surface area contributed by atoms with Crippen molar-refractivity contribution < 1.29 is 8.94 Å². The maximum absolute atomic E-state index is 12.5. The number of aryl methyl sites for hydroxylation is 1. The minimum absolute atomic E-state index is 0.147. The van der Waals surface area contributed by atoms with Crippen molar-refractivity contribution in [2.24, 2.45) is 0 Å². The minimum Gasteiger partial charge on any atom is -0.422 e. The fourth-order valence-electron chi connectivity index (χ4n) is 3.17. The molecule has 0 amide bonds. The molecule has 2 aromatic heterocycles. The molecule has 0 fully saturated rings. The van der Waals surface area contributed by atoms with Crippen LogP contribution in [0.1, 0.15) is 5.56 Å². The lowest BCUT2D eigenvalue weighted by molar-refractivity contribution is 0.429. The third kappa shape index (κ3) is 2.60. The summed E-state index contributed by atoms with van der Waals surface area (Å²) in [7, 11) is 0. The van der Waals surface area contributed by atoms with E-state index >= 15 is 0 Å². The summed E-state index contributed by atoms with van der Waals surface area (Å²) in [6.07, 6.45) is 0. The summed E-state index contributed by atoms with van der Waals surface area (Å²) in [5, 5.41) is 6.90. The molecule has 27 heavy (non-hydrogen) atoms. The van der Waals surface area contributed by atoms with Crippen molar-refractivity contribution in [3.63, 3.8) is 0 Å². The van der Waals surface area contributed by atoms with E-state index in [1.807, 2.05) is 61.5 Å². The second kappa shape index (κ2) is 5.92. The van der Waals surface area contributed by atoms with E-state index in [0.717, 1.165) is 27.3 Å². The van der Waals surface area contributed by atoms with Crippen molar-refractivity contribution >= 4 is 21.7 Å². The zero-order chi connectivity index (χ0) is 18.4. The van der Waals surface area contributed by atoms with Crippen LogP contribution < -0.4 is 5.63 Å². The first-order valence-corrected chi connectivity index (χ1v) is 8.56. The van der Waals surface area contributed by atoms with E-state index in [1.54, 1.807) is 12.1 Å². The Bertz CT molecular complexity index is 1350. The Kier molecular flexibility index (Phi) is 3.40. The van der Waals surface area contributed by atoms with Gasteiger partial charge in [-0.15, -0.1) is 0 Å². The first kappa shape index (κ1) is 15.5. The van der Waals surface area contributed by atoms with Crippen molar-refractivity contribution in [3.8, 4) is 22.8 Å². The molecule has 0 aliphatic rings. The average molecular weight is 354 g/mol. The van der Waals surface area contributed by atoms with Gasteiger partial charge in [-0.3, -0.25) is 0 Å². The molecule has 0 saturated carbocycles. The van der Waals surface area contributed by atoms with E-state index in [2.05, 4.69) is 10.1 Å². The number of fused-ring (bicyclic) bond motifs is 3. The molecule has 0 spiro atoms. The maximum atomic E-state index is 12.5. The number of benzene rings is 3. The Morgan fingerprint density at radius 2 is 1.70 bits per heavy atom. The van der Waals surface area contributed by atoms with Crippen LogP contribution in [-0.2, 0) is 0 Å². The Balaban J connectivity index is 1.69. The normalized spacial score (nSPS) is 11.3. The van der Waals surface area contributed by atoms with Gasteiger partial charge in [-0.05, 0) is 29.8 Å². The van der Waals surface area contributed by atoms with E-state index in [1.165, 1.54) is 0 Å². The lowest BCUT2D eigenvalue weighted by atomic mass is 10.0. The Morgan fingerprint density at radius 3 is 2.56 bits per heavy atom. The minimum atomic E-state index is -0.503. The largest absolute Gasteiger partial charge is 0.422 e. The molecule has 0 N–H and O–H groups in total. The summed E-state index contributed by atoms with van der Waals surface area (Å²) in [6.45, 7) is 2.01. The molecule has 5 heteroatoms. The van der Waals surface area contributed by atoms with Gasteiger partial charge in [0, 0.05) is 10.9 Å². The van der Waals surface area contributed by atoms with Crippen LogP contribution >= 0.6 is 0 Å². The van der Waals surface area contributed by atoms with Gasteiger partial charge in [-0.1, -0.05) is 65.3 Å². The predicted molar refractivity (Wildman–Crippen MR) is 103 cm³/mol. The second-order valence-electron chi connectivity index (χ2n) is 6.44. The zero-order valence-electron chi connectivity index (χ0n) is 14.5. The summed E-state index contributed by atoms with van der Waals surface area (Å²) >= 11 is 0. The van der Waals surface area contributed by atoms with Gasteiger partial charge in [0.2, 0.25) is 5.82 Å². The van der Waals surface area contributed by atoms with Gasteiger partial charge in [-0.25, -0.2) is 4.79 Å². The van der Waals surface area contributed by atoms with E-state index in [0.29, 0.717) is 11.4 Å². The summed E-state index contributed by atoms with van der Waals surface area (Å²) in [6, 6.07) is 21.2. The smallest absolute Gasteiger partial charge is 0.349 e. The van der Waals surface area contributed by atoms with Crippen LogP contribution in [0.15, 0.2) is 80.5 Å². The Morgan fingerprint density at radius 1 is 0.889 bits per heavy atom. The standard InChI is InChI=1S/C22H14N2O3/c1-13-6-8-15(9-7-13)20-23-21(27-24-20)18-12-17-16-5-3-2-4-14(16)10-11-19(17)26-22(18)25/h2-12H,1H3. The van der Waals surface area contributed by atoms with Gasteiger partial charge in [0.1, 0.15) is 11.1 Å². The average Bonchev–Trinajstić information content (AvgIpc) is 3.17. The van der Waals surface area contributed by atoms with Gasteiger partial charge >= 0.3 is 5.63 Å². The van der Waals surface area contributed by atoms with Gasteiger partial charge in [-0.2, -0.15) is 4.98 Å². The fourth-order valence-corrected chi connectivity index (χ4v) is 3.17. The summed E-state index contributed by atoms with van der Waals surface area (Å²) in [4.78, 5) is 16.9. The van der Waals surface area contributed by atoms with Gasteiger partial charge in [0.15, 0.2) is 0 Å². The fraction of sp³-hybridized carbons (Fsp3) is 0.0455. The monoisotopic (exact) mass is 354 g/mol. The van der Waals surface area contributed by atoms with Crippen LogP contribution in [0, 0.1) is 6.92 Å². The zero-order valence-corrected chi connectivity index (χ0v) is 14.5. The Hall–Kier alpha value is -3.73. The van der Waals surface area contributed by atoms with Crippen molar-refractivity contribution in [2.45, 2.75) is 6.92 Å². The SMILES string of the molecule is Cc1ccc(-c2noc(-c3cc4c(ccc5ccccc54)oc3=O)n2)cc1. The van der Waals surface area contributed by atoms with Crippen molar-refractivity contribution in [1.82, 2.24) is 10.1 Å². The van der Waals surface area contributed by atoms with E-state index in [9.17, 15) is 4.79 Å². The van der Waals surface area contributed by atoms with Gasteiger partial charge in [0.25, 0.3) is 5.89 Å². The highest BCUT2D eigenvalue weighted by Gasteiger charge is 2.17. The van der Waals surface area contributed by atoms with Gasteiger partial charge in [0.05, 0.1) is 0 Å². The molecular formula is C22H14N2O3. The Labute approximate surface area is 153 Å². The third-order valence-electron chi connectivity index (χ3n) is 4.61. The second-order valence-corrected chi connectivity index (χ2v) is 6.44. The molecule has 2 heterocycles. The van der Waals surface area contributed by atoms with E-state index < -0.39 is 5.63 Å². The molecule has 130 valence electrons. The summed E-state index contributed by atoms with van der Waals surface area (Å²) in [5.74, 6) is 0.580. The van der Waals surface area contributed by atoms with Crippen LogP contribution in [0.3, 0.4) is 0 Å². The molecule has 5 aromatic rings. The molecule has 0 aliphatic heterocycles. The highest BCUT2D eigenvalue weighted by atomic mass is 16.5. The van der Waals surface area contributed by atoms with Crippen LogP contribution in [0.4, 0.5) is 0 Å². The lowest BCUT2D eigenvalue weighted by Crippen LogP contribution is -2.03. The summed E-state index contributed by atoms with van der Waals surface area (Å²) < 4.78 is 10.9. The van der Waals surface area contributed by atoms with Gasteiger partial charge < -0.3 is 8.94 Å². The maximum Gasteiger partial charge on any atom is 0.349 e. The molecule has 0 aliphatic carbocycles. The molecular weight excluding hydrogens is 340 g/mol. The van der Waals surface area contributed by atoms with E-state index in [-0.39, 0.29) is 11.5 Å². The van der Waals surface area contributed by atoms with Crippen molar-refractivity contribution in [3.05, 3.63) is 82.7 Å². The van der Waals surface area contributed by atoms with Crippen molar-refractivity contribution in [1.29, 1.82) is 0 Å². The molecule has 0 atom stereocenters. The van der Waals surface area contributed by atoms with Crippen LogP contribution in [0.25, 0.3) is 44.6 Å². The van der Waals surface area contributed by atoms with E-state index in [4.69, 9.17) is 8.94 Å². The number of hydrogen-bond donors (Lipinski definition) is 0. The highest BCUT2D eigenvalue weighted by molar-refractivity contribution is 6.06. The molecule has 3 aromatic carbocycles. The predicted octanol–water partition coefficient (Wildman–Crippen LogP) is 4.97. The molecule has 0 radical (unpaired) electrons. The van der Waals surface area contributed by atoms with Crippen LogP contribution in [-0.4, -0.2) is 10.1 Å². The number of hydrogen-bond acceptors (Lipinski definition) is 5. The van der Waals surface area contributed by atoms with Crippen molar-refractivity contribution in [2.75, 3.05) is 0 Å². The lowest BCUT2D eigenvalue weighted by Gasteiger charge is -2.03. The topological polar surface area (TPSA) is 69.1 Å². The quantitative estimate of drug-likeness (QED) is 0.331. The van der Waals surface area contributed by atoms with Crippen LogP contribution in [0.5, 0.6) is 0 Å². The summed E-state index contributed by atoms with van der Waals surface area (Å²) in [5.41, 5.74) is 2.25. The number of rotatable bonds is 2. The number of nitrogens with zero attached hydrogens (tertiary/aromatic N) is 2.